The molecule has 15 heteroatoms. The summed E-state index contributed by atoms with van der Waals surface area (Å²) < 4.78 is 116. The van der Waals surface area contributed by atoms with Crippen LogP contribution in [0.15, 0.2) is 44.2 Å². The van der Waals surface area contributed by atoms with Crippen LogP contribution >= 0.6 is 31.9 Å². The highest BCUT2D eigenvalue weighted by Gasteiger charge is 2.78. The molecule has 0 bridgehead atoms. The number of hydrogen-bond acceptors (Lipinski definition) is 4. The minimum absolute atomic E-state index is 0.305. The number of halogens is 9. The molecule has 1 radical (unpaired) electrons. The van der Waals surface area contributed by atoms with Gasteiger partial charge in [0.15, 0.2) is 0 Å². The number of nitro benzene ring substituents is 1. The highest BCUT2D eigenvalue weighted by molar-refractivity contribution is 9.11. The Bertz CT molecular complexity index is 1100. The van der Waals surface area contributed by atoms with Crippen LogP contribution in [-0.2, 0) is 9.84 Å². The first-order chi connectivity index (χ1) is 13.4. The van der Waals surface area contributed by atoms with Crippen LogP contribution in [-0.4, -0.2) is 30.7 Å². The Morgan fingerprint density at radius 2 is 1.47 bits per heavy atom. The molecule has 0 unspecified atom stereocenters. The summed E-state index contributed by atoms with van der Waals surface area (Å²) in [7, 11) is -6.65. The first-order valence-corrected chi connectivity index (χ1v) is 10.2. The molecule has 0 aliphatic heterocycles. The number of hydrogen-bond donors (Lipinski definition) is 0. The molecule has 0 atom stereocenters. The zero-order valence-electron chi connectivity index (χ0n) is 13.8. The van der Waals surface area contributed by atoms with Crippen LogP contribution in [0, 0.1) is 16.2 Å². The van der Waals surface area contributed by atoms with E-state index in [1.54, 1.807) is 0 Å². The largest absolute Gasteiger partial charge is 0.461 e. The van der Waals surface area contributed by atoms with Gasteiger partial charge in [-0.2, -0.15) is 30.7 Å². The van der Waals surface area contributed by atoms with Crippen LogP contribution in [0.3, 0.4) is 0 Å². The summed E-state index contributed by atoms with van der Waals surface area (Å²) in [6.45, 7) is 0. The van der Waals surface area contributed by atoms with Crippen LogP contribution in [0.4, 0.5) is 36.4 Å². The van der Waals surface area contributed by atoms with Crippen LogP contribution in [0.1, 0.15) is 0 Å². The van der Waals surface area contributed by atoms with Gasteiger partial charge in [0.2, 0.25) is 0 Å². The van der Waals surface area contributed by atoms with Crippen molar-refractivity contribution in [1.82, 2.24) is 0 Å². The summed E-state index contributed by atoms with van der Waals surface area (Å²) in [6, 6.07) is 6.26. The number of benzene rings is 2. The Morgan fingerprint density at radius 1 is 0.967 bits per heavy atom. The van der Waals surface area contributed by atoms with E-state index in [1.165, 1.54) is 0 Å². The SMILES string of the molecule is O=[N+]([O-])c1ccc(-c2c(Br)[c]c(Br)cc2S(=O)(=O)C(F)(F)C(F)(F)C(F)(F)F)cc1. The van der Waals surface area contributed by atoms with E-state index in [4.69, 9.17) is 0 Å². The van der Waals surface area contributed by atoms with E-state index < -0.39 is 52.7 Å². The van der Waals surface area contributed by atoms with Gasteiger partial charge < -0.3 is 0 Å². The molecule has 0 spiro atoms. The lowest BCUT2D eigenvalue weighted by molar-refractivity contribution is -0.384. The van der Waals surface area contributed by atoms with Crippen molar-refractivity contribution in [3.05, 3.63) is 55.5 Å². The van der Waals surface area contributed by atoms with E-state index in [1.807, 2.05) is 0 Å². The maximum absolute atomic E-state index is 14.1. The molecule has 0 saturated carbocycles. The van der Waals surface area contributed by atoms with Gasteiger partial charge in [-0.05, 0) is 39.7 Å². The molecule has 0 aromatic heterocycles. The Labute approximate surface area is 180 Å². The third-order valence-corrected chi connectivity index (χ3v) is 6.52. The molecule has 0 amide bonds. The van der Waals surface area contributed by atoms with Crippen molar-refractivity contribution in [3.8, 4) is 11.1 Å². The molecule has 5 nitrogen and oxygen atoms in total. The van der Waals surface area contributed by atoms with Gasteiger partial charge in [-0.25, -0.2) is 8.42 Å². The van der Waals surface area contributed by atoms with Crippen molar-refractivity contribution >= 4 is 47.4 Å². The lowest BCUT2D eigenvalue weighted by Crippen LogP contribution is -2.56. The first-order valence-electron chi connectivity index (χ1n) is 7.18. The van der Waals surface area contributed by atoms with Gasteiger partial charge in [0, 0.05) is 32.7 Å². The fraction of sp³-hybridized carbons (Fsp3) is 0.200. The van der Waals surface area contributed by atoms with Gasteiger partial charge in [-0.1, -0.05) is 15.9 Å². The molecule has 0 N–H and O–H groups in total. The normalized spacial score (nSPS) is 13.4. The second kappa shape index (κ2) is 7.75. The van der Waals surface area contributed by atoms with Crippen molar-refractivity contribution in [2.75, 3.05) is 0 Å². The van der Waals surface area contributed by atoms with Crippen molar-refractivity contribution in [2.24, 2.45) is 0 Å². The minimum atomic E-state index is -6.91. The summed E-state index contributed by atoms with van der Waals surface area (Å²) >= 11 is 5.50. The number of rotatable bonds is 5. The van der Waals surface area contributed by atoms with Crippen molar-refractivity contribution in [3.63, 3.8) is 0 Å². The predicted molar refractivity (Wildman–Crippen MR) is 95.9 cm³/mol. The lowest BCUT2D eigenvalue weighted by Gasteiger charge is -2.28. The molecule has 0 aliphatic rings. The molecule has 0 aliphatic carbocycles. The number of alkyl halides is 7. The number of sulfone groups is 1. The second-order valence-corrected chi connectivity index (χ2v) is 9.17. The van der Waals surface area contributed by atoms with E-state index >= 15 is 0 Å². The zero-order valence-corrected chi connectivity index (χ0v) is 17.8. The molecule has 0 saturated heterocycles. The first kappa shape index (κ1) is 24.5. The van der Waals surface area contributed by atoms with Gasteiger partial charge in [-0.3, -0.25) is 10.1 Å². The van der Waals surface area contributed by atoms with Crippen molar-refractivity contribution in [2.45, 2.75) is 22.2 Å². The van der Waals surface area contributed by atoms with E-state index in [0.29, 0.717) is 6.07 Å². The smallest absolute Gasteiger partial charge is 0.258 e. The van der Waals surface area contributed by atoms with E-state index in [9.17, 15) is 49.3 Å². The summed E-state index contributed by atoms with van der Waals surface area (Å²) in [5.74, 6) is -6.91. The van der Waals surface area contributed by atoms with Gasteiger partial charge in [0.25, 0.3) is 15.5 Å². The number of nitro groups is 1. The third kappa shape index (κ3) is 3.93. The fourth-order valence-corrected chi connectivity index (χ4v) is 5.32. The van der Waals surface area contributed by atoms with Gasteiger partial charge in [0.05, 0.1) is 9.82 Å². The van der Waals surface area contributed by atoms with E-state index in [2.05, 4.69) is 37.9 Å². The van der Waals surface area contributed by atoms with Crippen LogP contribution in [0.2, 0.25) is 0 Å². The van der Waals surface area contributed by atoms with Crippen LogP contribution in [0.5, 0.6) is 0 Å². The molecular weight excluding hydrogens is 583 g/mol. The Kier molecular flexibility index (Phi) is 6.33. The van der Waals surface area contributed by atoms with Gasteiger partial charge in [-0.15, -0.1) is 0 Å². The van der Waals surface area contributed by atoms with Gasteiger partial charge >= 0.3 is 17.4 Å². The van der Waals surface area contributed by atoms with Crippen molar-refractivity contribution < 1.29 is 44.1 Å². The standard InChI is InChI=1S/C15H5Br2F7NO4S/c16-8-5-10(17)12(7-1-3-9(4-2-7)25(26)27)11(6-8)30(28,29)15(23,24)13(18,19)14(20,21)22/h1-4,6H. The molecule has 0 heterocycles. The molecule has 2 rings (SSSR count). The molecule has 163 valence electrons. The predicted octanol–water partition coefficient (Wildman–Crippen LogP) is 6.15. The van der Waals surface area contributed by atoms with E-state index in [0.717, 1.165) is 24.3 Å². The van der Waals surface area contributed by atoms with E-state index in [-0.39, 0.29) is 10.0 Å². The van der Waals surface area contributed by atoms with Crippen LogP contribution < -0.4 is 0 Å². The van der Waals surface area contributed by atoms with Crippen LogP contribution in [0.25, 0.3) is 11.1 Å². The maximum atomic E-state index is 14.1. The summed E-state index contributed by atoms with van der Waals surface area (Å²) in [4.78, 5) is 8.31. The monoisotopic (exact) mass is 586 g/mol. The van der Waals surface area contributed by atoms with Crippen molar-refractivity contribution in [1.29, 1.82) is 0 Å². The number of non-ortho nitro benzene ring substituents is 1. The highest BCUT2D eigenvalue weighted by atomic mass is 79.9. The molecule has 2 aromatic rings. The Hall–Kier alpha value is -1.74. The fourth-order valence-electron chi connectivity index (χ4n) is 2.20. The zero-order chi connectivity index (χ0) is 23.3. The Morgan fingerprint density at radius 3 is 1.90 bits per heavy atom. The number of nitrogens with zero attached hydrogens (tertiary/aromatic N) is 1. The summed E-state index contributed by atoms with van der Waals surface area (Å²) in [5.41, 5.74) is -1.53. The average Bonchev–Trinajstić information content (AvgIpc) is 2.59. The summed E-state index contributed by atoms with van der Waals surface area (Å²) in [6.07, 6.45) is -6.87. The molecule has 0 fully saturated rings. The molecule has 30 heavy (non-hydrogen) atoms. The lowest BCUT2D eigenvalue weighted by atomic mass is 10.1. The summed E-state index contributed by atoms with van der Waals surface area (Å²) in [5, 5.41) is 4.15. The Balaban J connectivity index is 2.83. The third-order valence-electron chi connectivity index (χ3n) is 3.67. The minimum Gasteiger partial charge on any atom is -0.258 e. The maximum Gasteiger partial charge on any atom is 0.461 e. The van der Waals surface area contributed by atoms with Gasteiger partial charge in [0.1, 0.15) is 0 Å². The average molecular weight is 588 g/mol. The quantitative estimate of drug-likeness (QED) is 0.239. The molecular formula is C15H5Br2F7NO4S. The second-order valence-electron chi connectivity index (χ2n) is 5.57. The molecule has 2 aromatic carbocycles. The highest BCUT2D eigenvalue weighted by Crippen LogP contribution is 2.52. The topological polar surface area (TPSA) is 77.3 Å².